The molecule has 4 aliphatic carbocycles. The zero-order valence-corrected chi connectivity index (χ0v) is 65.7. The molecule has 21 rings (SSSR count). The summed E-state index contributed by atoms with van der Waals surface area (Å²) in [5, 5.41) is 0. The van der Waals surface area contributed by atoms with Gasteiger partial charge < -0.3 is 29.9 Å². The number of rotatable bonds is 12. The van der Waals surface area contributed by atoms with E-state index < -0.39 is 0 Å². The van der Waals surface area contributed by atoms with Gasteiger partial charge in [0.2, 0.25) is 0 Å². The summed E-state index contributed by atoms with van der Waals surface area (Å²) in [7, 11) is 0. The van der Waals surface area contributed by atoms with Crippen molar-refractivity contribution in [3.63, 3.8) is 0 Å². The SMILES string of the molecule is [Ir+3].[Ir+3].[c-]1cc(-c2c(-c3cc(-c4ccccc4-c4c[c-]c5c(c4)CCc4cccnc4-5)cc(-c4ccccc4-c4c[c-]c5c(c4)CCc4cccnc4-5)c3)cccc2-c2cc(-c3ccccc3-c3c[c-]c4c(c3)CCc3cccnc3-4)cc(-c3ccccc3-c3c[c-]c4c(c3)CCc3cccnc3-4)c2)c[c-]c1-c1ncccn1. The van der Waals surface area contributed by atoms with Crippen LogP contribution in [0.4, 0.5) is 0 Å². The largest absolute Gasteiger partial charge is 3.00 e. The molecule has 4 aliphatic rings. The molecule has 17 aromatic rings. The van der Waals surface area contributed by atoms with Gasteiger partial charge in [0.05, 0.1) is 0 Å². The maximum absolute atomic E-state index is 4.89. The molecule has 0 N–H and O–H groups in total. The summed E-state index contributed by atoms with van der Waals surface area (Å²) >= 11 is 0. The third kappa shape index (κ3) is 12.7. The Morgan fingerprint density at radius 3 is 0.732 bits per heavy atom. The molecule has 6 nitrogen and oxygen atoms in total. The number of nitrogens with zero attached hydrogens (tertiary/aromatic N) is 6. The van der Waals surface area contributed by atoms with Crippen LogP contribution in [-0.2, 0) is 91.6 Å². The van der Waals surface area contributed by atoms with E-state index in [1.165, 1.54) is 44.5 Å². The van der Waals surface area contributed by atoms with Crippen LogP contribution in [0.3, 0.4) is 0 Å². The van der Waals surface area contributed by atoms with Gasteiger partial charge >= 0.3 is 40.2 Å². The predicted octanol–water partition coefficient (Wildman–Crippen LogP) is 23.9. The molecule has 0 fully saturated rings. The average Bonchev–Trinajstić information content (AvgIpc) is 0.760. The summed E-state index contributed by atoms with van der Waals surface area (Å²) in [5.74, 6) is 0.559. The summed E-state index contributed by atoms with van der Waals surface area (Å²) in [6, 6.07) is 121. The van der Waals surface area contributed by atoms with Crippen molar-refractivity contribution < 1.29 is 40.2 Å². The first kappa shape index (κ1) is 70.0. The molecule has 0 unspecified atom stereocenters. The van der Waals surface area contributed by atoms with Crippen molar-refractivity contribution >= 4 is 0 Å². The summed E-state index contributed by atoms with van der Waals surface area (Å²) < 4.78 is 0. The number of aromatic nitrogens is 6. The normalized spacial score (nSPS) is 12.6. The first-order chi connectivity index (χ1) is 54.5. The maximum atomic E-state index is 4.89. The van der Waals surface area contributed by atoms with Gasteiger partial charge in [0, 0.05) is 37.2 Å². The topological polar surface area (TPSA) is 77.3 Å². The molecule has 112 heavy (non-hydrogen) atoms. The van der Waals surface area contributed by atoms with Crippen LogP contribution in [0.15, 0.2) is 304 Å². The minimum absolute atomic E-state index is 0. The van der Waals surface area contributed by atoms with Crippen LogP contribution < -0.4 is 0 Å². The van der Waals surface area contributed by atoms with Crippen LogP contribution in [0.25, 0.3) is 179 Å². The van der Waals surface area contributed by atoms with Crippen LogP contribution in [0, 0.1) is 36.4 Å². The summed E-state index contributed by atoms with van der Waals surface area (Å²) in [4.78, 5) is 28.9. The van der Waals surface area contributed by atoms with Gasteiger partial charge in [0.1, 0.15) is 0 Å². The molecular weight excluding hydrogens is 1720 g/mol. The van der Waals surface area contributed by atoms with Crippen molar-refractivity contribution in [2.45, 2.75) is 51.4 Å². The third-order valence-corrected chi connectivity index (χ3v) is 22.8. The Kier molecular flexibility index (Phi) is 18.6. The number of fused-ring (bicyclic) bond motifs is 12. The fraction of sp³-hybridized carbons (Fsp3) is 0.0769. The van der Waals surface area contributed by atoms with E-state index in [-0.39, 0.29) is 40.2 Å². The second kappa shape index (κ2) is 29.8. The molecule has 8 heteroatoms. The second-order valence-corrected chi connectivity index (χ2v) is 29.2. The van der Waals surface area contributed by atoms with Crippen LogP contribution >= 0.6 is 0 Å². The zero-order valence-electron chi connectivity index (χ0n) is 60.9. The van der Waals surface area contributed by atoms with Gasteiger partial charge in [-0.2, -0.15) is 5.56 Å². The fourth-order valence-corrected chi connectivity index (χ4v) is 17.6. The fourth-order valence-electron chi connectivity index (χ4n) is 17.6. The second-order valence-electron chi connectivity index (χ2n) is 29.2. The standard InChI is InChI=1S/C104H66N6.2Ir/c1-5-23-89(85(19-1)71-41-45-95-75(55-71)37-31-66-15-10-49-105-100(66)95)79-59-80(90-24-6-2-20-86(90)72-42-46-96-76(56-72)38-32-67-16-11-50-106-101(67)96)62-83(61-79)93-27-9-28-94(99(93)65-29-35-70(36-30-65)104-109-53-14-54-110-104)84-63-81(91-25-7-3-21-87(91)73-43-47-97-77(57-73)39-33-68-17-12-51-107-102(68)97)60-82(64-84)92-26-8-4-22-88(92)74-44-48-98-78(58-74)40-34-69-18-13-52-108-103(69)98;;/h1-30,41-44,49-64H,31-34,37-40H2;;/q-6;2*+3. The Balaban J connectivity index is 0.00000422. The molecule has 5 aromatic heterocycles. The summed E-state index contributed by atoms with van der Waals surface area (Å²) in [6.45, 7) is 0. The van der Waals surface area contributed by atoms with E-state index in [9.17, 15) is 0 Å². The van der Waals surface area contributed by atoms with Crippen molar-refractivity contribution in [2.24, 2.45) is 0 Å². The van der Waals surface area contributed by atoms with Crippen LogP contribution in [0.2, 0.25) is 0 Å². The molecule has 0 aliphatic heterocycles. The molecule has 0 saturated carbocycles. The van der Waals surface area contributed by atoms with Crippen molar-refractivity contribution in [2.75, 3.05) is 0 Å². The van der Waals surface area contributed by atoms with Gasteiger partial charge in [0.25, 0.3) is 0 Å². The zero-order chi connectivity index (χ0) is 72.6. The Morgan fingerprint density at radius 2 is 0.438 bits per heavy atom. The van der Waals surface area contributed by atoms with Gasteiger partial charge in [-0.25, -0.2) is 17.7 Å². The van der Waals surface area contributed by atoms with E-state index in [0.717, 1.165) is 219 Å². The van der Waals surface area contributed by atoms with Crippen LogP contribution in [0.1, 0.15) is 44.5 Å². The molecule has 0 bridgehead atoms. The summed E-state index contributed by atoms with van der Waals surface area (Å²) in [6.07, 6.45) is 18.5. The minimum atomic E-state index is 0. The molecule has 5 heterocycles. The molecular formula is C104H66Ir2N6. The number of hydrogen-bond donors (Lipinski definition) is 0. The van der Waals surface area contributed by atoms with Gasteiger partial charge in [-0.3, -0.25) is 12.1 Å². The van der Waals surface area contributed by atoms with E-state index >= 15 is 0 Å². The molecule has 0 spiro atoms. The van der Waals surface area contributed by atoms with Crippen LogP contribution in [-0.4, -0.2) is 29.9 Å². The molecule has 12 aromatic carbocycles. The van der Waals surface area contributed by atoms with Gasteiger partial charge in [-0.15, -0.1) is 117 Å². The first-order valence-corrected chi connectivity index (χ1v) is 38.0. The van der Waals surface area contributed by atoms with Crippen molar-refractivity contribution in [1.82, 2.24) is 29.9 Å². The number of aryl methyl sites for hydroxylation is 8. The quantitative estimate of drug-likeness (QED) is 0.113. The average molecular weight is 1780 g/mol. The first-order valence-electron chi connectivity index (χ1n) is 38.0. The third-order valence-electron chi connectivity index (χ3n) is 22.8. The molecule has 0 saturated heterocycles. The molecule has 0 amide bonds. The minimum Gasteiger partial charge on any atom is -0.333 e. The van der Waals surface area contributed by atoms with E-state index in [0.29, 0.717) is 11.4 Å². The molecule has 0 atom stereocenters. The molecule has 530 valence electrons. The van der Waals surface area contributed by atoms with Gasteiger partial charge in [0.15, 0.2) is 0 Å². The van der Waals surface area contributed by atoms with Crippen LogP contribution in [0.5, 0.6) is 0 Å². The number of hydrogen-bond acceptors (Lipinski definition) is 6. The van der Waals surface area contributed by atoms with E-state index in [2.05, 4.69) is 283 Å². The van der Waals surface area contributed by atoms with Crippen molar-refractivity contribution in [3.8, 4) is 179 Å². The Hall–Kier alpha value is -12.4. The van der Waals surface area contributed by atoms with E-state index in [4.69, 9.17) is 19.9 Å². The Bertz CT molecular complexity index is 5890. The van der Waals surface area contributed by atoms with Gasteiger partial charge in [-0.05, 0) is 188 Å². The smallest absolute Gasteiger partial charge is 0.333 e. The Labute approximate surface area is 680 Å². The van der Waals surface area contributed by atoms with E-state index in [1.54, 1.807) is 12.4 Å². The summed E-state index contributed by atoms with van der Waals surface area (Å²) in [5.41, 5.74) is 43.1. The predicted molar refractivity (Wildman–Crippen MR) is 443 cm³/mol. The van der Waals surface area contributed by atoms with Crippen molar-refractivity contribution in [1.29, 1.82) is 0 Å². The number of benzene rings is 12. The monoisotopic (exact) mass is 1780 g/mol. The van der Waals surface area contributed by atoms with Gasteiger partial charge in [-0.1, -0.05) is 238 Å². The van der Waals surface area contributed by atoms with Crippen molar-refractivity contribution in [3.05, 3.63) is 385 Å². The maximum Gasteiger partial charge on any atom is 3.00 e. The van der Waals surface area contributed by atoms with E-state index in [1.807, 2.05) is 55.1 Å². The Morgan fingerprint density at radius 1 is 0.196 bits per heavy atom. The molecule has 0 radical (unpaired) electrons. The number of pyridine rings is 4.